The van der Waals surface area contributed by atoms with Crippen LogP contribution in [0, 0.1) is 5.82 Å². The first kappa shape index (κ1) is 20.9. The second-order valence-corrected chi connectivity index (χ2v) is 7.15. The standard InChI is InChI=1S/C20H16BrFN2O4S/c1-3-28-17-15(21)8-11(9-16(17)27-2)7-14-18(25)23-20(29)24(19(14)26)13-6-4-5-12(22)10-13/h4-10H,3H2,1-2H3,(H,23,25,29)/b14-7+. The van der Waals surface area contributed by atoms with Gasteiger partial charge in [-0.2, -0.15) is 0 Å². The van der Waals surface area contributed by atoms with Crippen LogP contribution < -0.4 is 19.7 Å². The molecule has 3 rings (SSSR count). The van der Waals surface area contributed by atoms with Gasteiger partial charge >= 0.3 is 0 Å². The van der Waals surface area contributed by atoms with Gasteiger partial charge in [0.2, 0.25) is 0 Å². The maximum absolute atomic E-state index is 13.6. The van der Waals surface area contributed by atoms with E-state index in [0.717, 1.165) is 11.0 Å². The van der Waals surface area contributed by atoms with Gasteiger partial charge in [-0.25, -0.2) is 4.39 Å². The molecule has 0 saturated carbocycles. The van der Waals surface area contributed by atoms with Gasteiger partial charge < -0.3 is 9.47 Å². The van der Waals surface area contributed by atoms with E-state index in [1.807, 2.05) is 6.92 Å². The van der Waals surface area contributed by atoms with Crippen LogP contribution in [0.3, 0.4) is 0 Å². The summed E-state index contributed by atoms with van der Waals surface area (Å²) in [5, 5.41) is 2.34. The Morgan fingerprint density at radius 3 is 2.69 bits per heavy atom. The number of halogens is 2. The van der Waals surface area contributed by atoms with Crippen molar-refractivity contribution in [3.8, 4) is 11.5 Å². The molecule has 2 aromatic rings. The molecule has 1 heterocycles. The molecule has 0 radical (unpaired) electrons. The zero-order valence-electron chi connectivity index (χ0n) is 15.5. The Balaban J connectivity index is 2.04. The van der Waals surface area contributed by atoms with Crippen LogP contribution in [0.5, 0.6) is 11.5 Å². The molecule has 1 saturated heterocycles. The summed E-state index contributed by atoms with van der Waals surface area (Å²) in [6.45, 7) is 2.28. The largest absolute Gasteiger partial charge is 0.493 e. The van der Waals surface area contributed by atoms with Gasteiger partial charge in [-0.3, -0.25) is 19.8 Å². The normalized spacial score (nSPS) is 15.5. The van der Waals surface area contributed by atoms with Gasteiger partial charge in [0.25, 0.3) is 11.8 Å². The third-order valence-electron chi connectivity index (χ3n) is 4.02. The molecule has 0 atom stereocenters. The average molecular weight is 479 g/mol. The summed E-state index contributed by atoms with van der Waals surface area (Å²) in [7, 11) is 1.49. The lowest BCUT2D eigenvalue weighted by atomic mass is 10.1. The minimum absolute atomic E-state index is 0.117. The van der Waals surface area contributed by atoms with E-state index in [-0.39, 0.29) is 16.4 Å². The summed E-state index contributed by atoms with van der Waals surface area (Å²) in [5.41, 5.74) is 0.597. The highest BCUT2D eigenvalue weighted by Gasteiger charge is 2.34. The van der Waals surface area contributed by atoms with Gasteiger partial charge in [-0.1, -0.05) is 6.07 Å². The van der Waals surface area contributed by atoms with Gasteiger partial charge in [0.15, 0.2) is 16.6 Å². The summed E-state index contributed by atoms with van der Waals surface area (Å²) in [4.78, 5) is 26.5. The second kappa shape index (κ2) is 8.71. The second-order valence-electron chi connectivity index (χ2n) is 5.90. The molecule has 1 aliphatic heterocycles. The maximum atomic E-state index is 13.6. The molecule has 0 bridgehead atoms. The molecule has 29 heavy (non-hydrogen) atoms. The lowest BCUT2D eigenvalue weighted by Crippen LogP contribution is -2.54. The van der Waals surface area contributed by atoms with Gasteiger partial charge in [0.05, 0.1) is 23.9 Å². The van der Waals surface area contributed by atoms with Crippen molar-refractivity contribution < 1.29 is 23.5 Å². The Bertz CT molecular complexity index is 1040. The number of benzene rings is 2. The number of nitrogens with zero attached hydrogens (tertiary/aromatic N) is 1. The number of anilines is 1. The Morgan fingerprint density at radius 2 is 2.03 bits per heavy atom. The van der Waals surface area contributed by atoms with Gasteiger partial charge in [-0.15, -0.1) is 0 Å². The van der Waals surface area contributed by atoms with E-state index >= 15 is 0 Å². The number of hydrogen-bond donors (Lipinski definition) is 1. The molecule has 6 nitrogen and oxygen atoms in total. The van der Waals surface area contributed by atoms with Gasteiger partial charge in [0, 0.05) is 0 Å². The van der Waals surface area contributed by atoms with Crippen LogP contribution in [-0.2, 0) is 9.59 Å². The molecule has 1 fully saturated rings. The van der Waals surface area contributed by atoms with Crippen LogP contribution in [0.25, 0.3) is 6.08 Å². The van der Waals surface area contributed by atoms with E-state index in [0.29, 0.717) is 28.1 Å². The molecule has 2 aromatic carbocycles. The minimum atomic E-state index is -0.659. The van der Waals surface area contributed by atoms with E-state index in [9.17, 15) is 14.0 Å². The van der Waals surface area contributed by atoms with Crippen LogP contribution in [-0.4, -0.2) is 30.6 Å². The number of amides is 2. The number of methoxy groups -OCH3 is 1. The average Bonchev–Trinajstić information content (AvgIpc) is 2.67. The highest BCUT2D eigenvalue weighted by atomic mass is 79.9. The SMILES string of the molecule is CCOc1c(Br)cc(/C=C2\C(=O)NC(=S)N(c3cccc(F)c3)C2=O)cc1OC. The quantitative estimate of drug-likeness (QED) is 0.401. The lowest BCUT2D eigenvalue weighted by Gasteiger charge is -2.29. The maximum Gasteiger partial charge on any atom is 0.270 e. The van der Waals surface area contributed by atoms with E-state index in [1.165, 1.54) is 31.4 Å². The Labute approximate surface area is 180 Å². The molecular weight excluding hydrogens is 463 g/mol. The van der Waals surface area contributed by atoms with Crippen molar-refractivity contribution in [2.45, 2.75) is 6.92 Å². The number of nitrogens with one attached hydrogen (secondary N) is 1. The number of rotatable bonds is 5. The molecular formula is C20H16BrFN2O4S. The predicted molar refractivity (Wildman–Crippen MR) is 114 cm³/mol. The topological polar surface area (TPSA) is 67.9 Å². The molecule has 0 spiro atoms. The van der Waals surface area contributed by atoms with Crippen LogP contribution in [0.15, 0.2) is 46.4 Å². The van der Waals surface area contributed by atoms with Crippen molar-refractivity contribution in [2.75, 3.05) is 18.6 Å². The first-order valence-corrected chi connectivity index (χ1v) is 9.73. The third kappa shape index (κ3) is 4.30. The molecule has 9 heteroatoms. The number of carbonyl (C=O) groups is 2. The Kier molecular flexibility index (Phi) is 6.29. The fourth-order valence-corrected chi connectivity index (χ4v) is 3.64. The number of thiocarbonyl (C=S) groups is 1. The monoisotopic (exact) mass is 478 g/mol. The predicted octanol–water partition coefficient (Wildman–Crippen LogP) is 3.83. The summed E-state index contributed by atoms with van der Waals surface area (Å²) in [6.07, 6.45) is 1.41. The van der Waals surface area contributed by atoms with Crippen molar-refractivity contribution in [1.82, 2.24) is 5.32 Å². The summed E-state index contributed by atoms with van der Waals surface area (Å²) in [5.74, 6) is -0.876. The number of ether oxygens (including phenoxy) is 2. The van der Waals surface area contributed by atoms with Crippen molar-refractivity contribution in [3.63, 3.8) is 0 Å². The van der Waals surface area contributed by atoms with Crippen LogP contribution >= 0.6 is 28.1 Å². The highest BCUT2D eigenvalue weighted by molar-refractivity contribution is 9.10. The summed E-state index contributed by atoms with van der Waals surface area (Å²) >= 11 is 8.52. The molecule has 1 aliphatic rings. The first-order chi connectivity index (χ1) is 13.8. The van der Waals surface area contributed by atoms with E-state index in [4.69, 9.17) is 21.7 Å². The third-order valence-corrected chi connectivity index (χ3v) is 4.89. The minimum Gasteiger partial charge on any atom is -0.493 e. The lowest BCUT2D eigenvalue weighted by molar-refractivity contribution is -0.122. The molecule has 0 aromatic heterocycles. The number of carbonyl (C=O) groups excluding carboxylic acids is 2. The Morgan fingerprint density at radius 1 is 1.28 bits per heavy atom. The van der Waals surface area contributed by atoms with Crippen molar-refractivity contribution in [3.05, 3.63) is 57.8 Å². The smallest absolute Gasteiger partial charge is 0.270 e. The summed E-state index contributed by atoms with van der Waals surface area (Å²) in [6, 6.07) is 8.73. The van der Waals surface area contributed by atoms with Crippen LogP contribution in [0.1, 0.15) is 12.5 Å². The zero-order chi connectivity index (χ0) is 21.1. The van der Waals surface area contributed by atoms with Crippen molar-refractivity contribution in [1.29, 1.82) is 0 Å². The van der Waals surface area contributed by atoms with E-state index in [1.54, 1.807) is 12.1 Å². The molecule has 150 valence electrons. The first-order valence-electron chi connectivity index (χ1n) is 8.53. The molecule has 0 unspecified atom stereocenters. The van der Waals surface area contributed by atoms with Crippen molar-refractivity contribution in [2.24, 2.45) is 0 Å². The molecule has 1 N–H and O–H groups in total. The van der Waals surface area contributed by atoms with Crippen LogP contribution in [0.2, 0.25) is 0 Å². The van der Waals surface area contributed by atoms with E-state index in [2.05, 4.69) is 21.2 Å². The number of hydrogen-bond acceptors (Lipinski definition) is 5. The zero-order valence-corrected chi connectivity index (χ0v) is 17.9. The molecule has 2 amide bonds. The fraction of sp³-hybridized carbons (Fsp3) is 0.150. The fourth-order valence-electron chi connectivity index (χ4n) is 2.78. The highest BCUT2D eigenvalue weighted by Crippen LogP contribution is 2.37. The summed E-state index contributed by atoms with van der Waals surface area (Å²) < 4.78 is 25.1. The van der Waals surface area contributed by atoms with E-state index < -0.39 is 17.6 Å². The molecule has 0 aliphatic carbocycles. The van der Waals surface area contributed by atoms with Gasteiger partial charge in [0.1, 0.15) is 11.4 Å². The Hall–Kier alpha value is -2.78. The van der Waals surface area contributed by atoms with Crippen molar-refractivity contribution >= 4 is 56.8 Å². The van der Waals surface area contributed by atoms with Crippen LogP contribution in [0.4, 0.5) is 10.1 Å². The van der Waals surface area contributed by atoms with Gasteiger partial charge in [-0.05, 0) is 77.0 Å².